The molecule has 0 spiro atoms. The average molecular weight is 581 g/mol. The van der Waals surface area contributed by atoms with Gasteiger partial charge in [-0.3, -0.25) is 24.0 Å². The Morgan fingerprint density at radius 1 is 0.951 bits per heavy atom. The molecule has 3 aromatic heterocycles. The van der Waals surface area contributed by atoms with E-state index in [0.717, 1.165) is 23.4 Å². The van der Waals surface area contributed by atoms with Crippen LogP contribution >= 0.6 is 11.3 Å². The van der Waals surface area contributed by atoms with Gasteiger partial charge >= 0.3 is 0 Å². The minimum atomic E-state index is -0.771. The lowest BCUT2D eigenvalue weighted by atomic mass is 10.1. The van der Waals surface area contributed by atoms with Crippen molar-refractivity contribution in [2.45, 2.75) is 38.8 Å². The molecule has 6 N–H and O–H groups in total. The first kappa shape index (κ1) is 29.0. The number of unbranched alkanes of at least 4 members (excludes halogenated alkanes) is 2. The third-order valence-electron chi connectivity index (χ3n) is 6.20. The molecule has 14 heteroatoms. The number of hydrogen-bond acceptors (Lipinski definition) is 9. The van der Waals surface area contributed by atoms with Gasteiger partial charge in [-0.25, -0.2) is 4.98 Å². The molecule has 3 heterocycles. The number of carbonyl (C=O) groups is 3. The lowest BCUT2D eigenvalue weighted by Gasteiger charge is -2.09. The number of aromatic amines is 1. The van der Waals surface area contributed by atoms with Crippen molar-refractivity contribution < 1.29 is 24.7 Å². The lowest BCUT2D eigenvalue weighted by Crippen LogP contribution is -2.28. The average Bonchev–Trinajstić information content (AvgIpc) is 3.40. The molecule has 3 amide bonds. The van der Waals surface area contributed by atoms with Gasteiger partial charge in [0.05, 0.1) is 23.5 Å². The van der Waals surface area contributed by atoms with E-state index >= 15 is 0 Å². The Kier molecular flexibility index (Phi) is 9.47. The predicted molar refractivity (Wildman–Crippen MR) is 150 cm³/mol. The van der Waals surface area contributed by atoms with Gasteiger partial charge in [0.25, 0.3) is 17.4 Å². The van der Waals surface area contributed by atoms with Gasteiger partial charge in [-0.15, -0.1) is 11.3 Å². The van der Waals surface area contributed by atoms with E-state index in [9.17, 15) is 34.3 Å². The molecule has 0 aliphatic heterocycles. The lowest BCUT2D eigenvalue weighted by molar-refractivity contribution is -0.121. The van der Waals surface area contributed by atoms with Crippen LogP contribution in [0.15, 0.2) is 57.8 Å². The molecule has 0 aliphatic rings. The first-order valence-corrected chi connectivity index (χ1v) is 13.6. The summed E-state index contributed by atoms with van der Waals surface area (Å²) in [6.07, 6.45) is 4.27. The number of pyridine rings is 1. The fraction of sp³-hybridized carbons (Fsp3) is 0.259. The van der Waals surface area contributed by atoms with E-state index in [4.69, 9.17) is 0 Å². The topological polar surface area (TPSA) is 196 Å². The summed E-state index contributed by atoms with van der Waals surface area (Å²) in [7, 11) is 0. The summed E-state index contributed by atoms with van der Waals surface area (Å²) >= 11 is 1.23. The molecule has 4 rings (SSSR count). The summed E-state index contributed by atoms with van der Waals surface area (Å²) < 4.78 is 0.387. The normalized spacial score (nSPS) is 10.8. The maximum Gasteiger partial charge on any atom is 0.271 e. The van der Waals surface area contributed by atoms with Gasteiger partial charge in [-0.2, -0.15) is 4.73 Å². The summed E-state index contributed by atoms with van der Waals surface area (Å²) in [6, 6.07) is 8.27. The Morgan fingerprint density at radius 3 is 2.39 bits per heavy atom. The second kappa shape index (κ2) is 13.4. The number of rotatable bonds is 12. The van der Waals surface area contributed by atoms with Gasteiger partial charge in [0, 0.05) is 37.5 Å². The van der Waals surface area contributed by atoms with Crippen LogP contribution in [0.2, 0.25) is 0 Å². The largest absolute Gasteiger partial charge is 0.503 e. The Morgan fingerprint density at radius 2 is 1.66 bits per heavy atom. The molecule has 0 fully saturated rings. The van der Waals surface area contributed by atoms with Crippen LogP contribution in [0, 0.1) is 0 Å². The number of H-pyrrole nitrogens is 1. The van der Waals surface area contributed by atoms with Crippen molar-refractivity contribution in [1.82, 2.24) is 30.6 Å². The summed E-state index contributed by atoms with van der Waals surface area (Å²) in [5, 5.41) is 29.0. The summed E-state index contributed by atoms with van der Waals surface area (Å²) in [4.78, 5) is 67.4. The van der Waals surface area contributed by atoms with Crippen molar-refractivity contribution in [3.63, 3.8) is 0 Å². The van der Waals surface area contributed by atoms with E-state index in [1.54, 1.807) is 5.38 Å². The molecule has 214 valence electrons. The molecule has 0 saturated heterocycles. The molecule has 0 aliphatic carbocycles. The zero-order valence-electron chi connectivity index (χ0n) is 21.8. The molecule has 0 bridgehead atoms. The fourth-order valence-electron chi connectivity index (χ4n) is 3.96. The number of nitrogens with zero attached hydrogens (tertiary/aromatic N) is 2. The van der Waals surface area contributed by atoms with Gasteiger partial charge in [0.1, 0.15) is 10.5 Å². The highest BCUT2D eigenvalue weighted by Gasteiger charge is 2.16. The van der Waals surface area contributed by atoms with Crippen molar-refractivity contribution in [3.05, 3.63) is 91.2 Å². The summed E-state index contributed by atoms with van der Waals surface area (Å²) in [5.74, 6) is -1.78. The number of fused-ring (bicyclic) bond motifs is 1. The van der Waals surface area contributed by atoms with E-state index in [0.29, 0.717) is 48.3 Å². The third kappa shape index (κ3) is 7.57. The molecular weight excluding hydrogens is 552 g/mol. The maximum absolute atomic E-state index is 12.6. The van der Waals surface area contributed by atoms with Crippen molar-refractivity contribution >= 4 is 39.3 Å². The molecule has 4 aromatic rings. The molecule has 1 aromatic carbocycles. The molecule has 13 nitrogen and oxygen atoms in total. The maximum atomic E-state index is 12.6. The Bertz CT molecular complexity index is 1680. The van der Waals surface area contributed by atoms with Gasteiger partial charge in [-0.1, -0.05) is 30.7 Å². The van der Waals surface area contributed by atoms with Crippen molar-refractivity contribution in [2.24, 2.45) is 0 Å². The third-order valence-corrected chi connectivity index (χ3v) is 7.08. The second-order valence-corrected chi connectivity index (χ2v) is 10.0. The predicted octanol–water partition coefficient (Wildman–Crippen LogP) is 1.63. The second-order valence-electron chi connectivity index (χ2n) is 9.16. The quantitative estimate of drug-likeness (QED) is 0.107. The molecule has 0 saturated carbocycles. The van der Waals surface area contributed by atoms with Gasteiger partial charge in [0.2, 0.25) is 11.3 Å². The Hall–Kier alpha value is -4.98. The van der Waals surface area contributed by atoms with Gasteiger partial charge in [-0.05, 0) is 24.0 Å². The first-order valence-electron chi connectivity index (χ1n) is 12.7. The Balaban J connectivity index is 1.11. The first-order chi connectivity index (χ1) is 19.7. The number of hydrogen-bond donors (Lipinski definition) is 6. The molecular formula is C27H28N6O7S. The molecule has 0 radical (unpaired) electrons. The minimum Gasteiger partial charge on any atom is -0.503 e. The van der Waals surface area contributed by atoms with Crippen molar-refractivity contribution in [1.29, 1.82) is 0 Å². The highest BCUT2D eigenvalue weighted by Crippen LogP contribution is 2.20. The SMILES string of the molecule is O=C(CCCCCNC(=O)c1cc(=O)c(O)cn1O)NCc1ccc(CNC(=O)c2csc3nc[nH]c(=O)c23)cc1. The number of aromatic hydroxyl groups is 1. The zero-order valence-corrected chi connectivity index (χ0v) is 22.6. The van der Waals surface area contributed by atoms with Crippen molar-refractivity contribution in [2.75, 3.05) is 6.54 Å². The highest BCUT2D eigenvalue weighted by molar-refractivity contribution is 7.17. The van der Waals surface area contributed by atoms with E-state index in [1.807, 2.05) is 24.3 Å². The van der Waals surface area contributed by atoms with Crippen LogP contribution in [-0.4, -0.2) is 49.3 Å². The van der Waals surface area contributed by atoms with Crippen LogP contribution in [0.4, 0.5) is 0 Å². The highest BCUT2D eigenvalue weighted by atomic mass is 32.1. The summed E-state index contributed by atoms with van der Waals surface area (Å²) in [6.45, 7) is 0.922. The van der Waals surface area contributed by atoms with Gasteiger partial charge in [0.15, 0.2) is 5.75 Å². The number of aromatic nitrogens is 3. The van der Waals surface area contributed by atoms with Crippen LogP contribution in [-0.2, 0) is 17.9 Å². The number of thiophene rings is 1. The van der Waals surface area contributed by atoms with E-state index in [2.05, 4.69) is 25.9 Å². The van der Waals surface area contributed by atoms with Crippen LogP contribution in [0.5, 0.6) is 5.75 Å². The number of amides is 3. The van der Waals surface area contributed by atoms with E-state index in [-0.39, 0.29) is 40.6 Å². The molecule has 41 heavy (non-hydrogen) atoms. The molecule has 0 atom stereocenters. The van der Waals surface area contributed by atoms with Crippen LogP contribution in [0.1, 0.15) is 57.7 Å². The summed E-state index contributed by atoms with van der Waals surface area (Å²) in [5.41, 5.74) is 0.634. The zero-order chi connectivity index (χ0) is 29.4. The monoisotopic (exact) mass is 580 g/mol. The van der Waals surface area contributed by atoms with Crippen molar-refractivity contribution in [3.8, 4) is 5.75 Å². The van der Waals surface area contributed by atoms with Crippen LogP contribution in [0.25, 0.3) is 10.2 Å². The van der Waals surface area contributed by atoms with E-state index in [1.165, 1.54) is 17.7 Å². The van der Waals surface area contributed by atoms with Crippen LogP contribution in [0.3, 0.4) is 0 Å². The van der Waals surface area contributed by atoms with Gasteiger partial charge < -0.3 is 31.2 Å². The number of benzene rings is 1. The molecule has 0 unspecified atom stereocenters. The fourth-order valence-corrected chi connectivity index (χ4v) is 4.84. The van der Waals surface area contributed by atoms with E-state index < -0.39 is 17.1 Å². The smallest absolute Gasteiger partial charge is 0.271 e. The number of nitrogens with one attached hydrogen (secondary N) is 4. The Labute approximate surface area is 236 Å². The van der Waals surface area contributed by atoms with Crippen LogP contribution < -0.4 is 26.9 Å². The standard InChI is InChI=1S/C27H28N6O7S/c34-20-10-19(33(40)13-21(20)35)25(38)28-9-3-1-2-4-22(36)29-11-16-5-7-17(8-6-16)12-30-24(37)18-14-41-27-23(18)26(39)31-15-32-27/h5-8,10,13-15,35,40H,1-4,9,11-12H2,(H,28,38)(H,29,36)(H,30,37)(H,31,32,39). The minimum absolute atomic E-state index is 0.105. The number of carbonyl (C=O) groups excluding carboxylic acids is 3.